The fraction of sp³-hybridized carbons (Fsp3) is 0.400. The lowest BCUT2D eigenvalue weighted by Crippen LogP contribution is -2.37. The molecule has 3 heterocycles. The normalized spacial score (nSPS) is 14.3. The highest BCUT2D eigenvalue weighted by atomic mass is 35.5. The smallest absolute Gasteiger partial charge is 0.224 e. The average molecular weight is 447 g/mol. The van der Waals surface area contributed by atoms with Crippen LogP contribution in [0.2, 0.25) is 5.02 Å². The highest BCUT2D eigenvalue weighted by molar-refractivity contribution is 7.98. The molecular weight excluding hydrogens is 424 g/mol. The number of halogens is 1. The monoisotopic (exact) mass is 446 g/mol. The number of hydrogen-bond donors (Lipinski definition) is 1. The molecule has 1 fully saturated rings. The Labute approximate surface area is 184 Å². The van der Waals surface area contributed by atoms with E-state index in [1.807, 2.05) is 23.1 Å². The van der Waals surface area contributed by atoms with E-state index in [4.69, 9.17) is 21.3 Å². The Balaban J connectivity index is 1.44. The number of carbonyl (C=O) groups is 1. The molecule has 1 amide bonds. The Bertz CT molecular complexity index is 1020. The molecule has 1 aliphatic heterocycles. The highest BCUT2D eigenvalue weighted by Crippen LogP contribution is 2.27. The van der Waals surface area contributed by atoms with Crippen molar-refractivity contribution in [2.75, 3.05) is 44.0 Å². The molecule has 4 rings (SSSR count). The van der Waals surface area contributed by atoms with Gasteiger partial charge in [0.15, 0.2) is 10.8 Å². The van der Waals surface area contributed by atoms with Crippen molar-refractivity contribution >= 4 is 46.1 Å². The van der Waals surface area contributed by atoms with Gasteiger partial charge in [0.25, 0.3) is 0 Å². The third-order valence-electron chi connectivity index (χ3n) is 4.87. The van der Waals surface area contributed by atoms with Crippen LogP contribution in [0.25, 0.3) is 11.0 Å². The lowest BCUT2D eigenvalue weighted by molar-refractivity contribution is -0.120. The summed E-state index contributed by atoms with van der Waals surface area (Å²) in [4.78, 5) is 23.8. The molecule has 8 nitrogen and oxygen atoms in total. The summed E-state index contributed by atoms with van der Waals surface area (Å²) in [5.74, 6) is 0.855. The number of thioether (sulfide) groups is 1. The molecule has 0 aliphatic carbocycles. The maximum absolute atomic E-state index is 12.2. The fourth-order valence-electron chi connectivity index (χ4n) is 3.34. The standard InChI is InChI=1S/C20H23ClN6O2S/c1-30-20-24-18(26-8-10-29-11-9-26)16-13-23-27(19(16)25-20)7-6-22-17(28)12-14-2-4-15(21)5-3-14/h2-5,13H,6-12H2,1H3,(H,22,28). The van der Waals surface area contributed by atoms with Gasteiger partial charge in [-0.3, -0.25) is 4.79 Å². The van der Waals surface area contributed by atoms with Crippen LogP contribution in [0.1, 0.15) is 5.56 Å². The summed E-state index contributed by atoms with van der Waals surface area (Å²) in [6.45, 7) is 3.97. The van der Waals surface area contributed by atoms with Crippen LogP contribution in [0, 0.1) is 0 Å². The summed E-state index contributed by atoms with van der Waals surface area (Å²) in [5.41, 5.74) is 1.71. The second-order valence-electron chi connectivity index (χ2n) is 6.89. The van der Waals surface area contributed by atoms with Crippen molar-refractivity contribution in [2.45, 2.75) is 18.1 Å². The number of carbonyl (C=O) groups excluding carboxylic acids is 1. The third-order valence-corrected chi connectivity index (χ3v) is 5.67. The molecule has 0 unspecified atom stereocenters. The number of anilines is 1. The van der Waals surface area contributed by atoms with Gasteiger partial charge in [-0.15, -0.1) is 0 Å². The van der Waals surface area contributed by atoms with Gasteiger partial charge in [0.2, 0.25) is 5.91 Å². The minimum absolute atomic E-state index is 0.0396. The molecule has 0 radical (unpaired) electrons. The highest BCUT2D eigenvalue weighted by Gasteiger charge is 2.20. The molecule has 1 aliphatic rings. The van der Waals surface area contributed by atoms with Crippen molar-refractivity contribution in [1.82, 2.24) is 25.1 Å². The second-order valence-corrected chi connectivity index (χ2v) is 8.10. The van der Waals surface area contributed by atoms with Crippen molar-refractivity contribution in [2.24, 2.45) is 0 Å². The van der Waals surface area contributed by atoms with E-state index in [0.29, 0.717) is 42.9 Å². The van der Waals surface area contributed by atoms with E-state index >= 15 is 0 Å². The van der Waals surface area contributed by atoms with Crippen LogP contribution >= 0.6 is 23.4 Å². The number of aromatic nitrogens is 4. The zero-order chi connectivity index (χ0) is 20.9. The van der Waals surface area contributed by atoms with Crippen LogP contribution in [0.5, 0.6) is 0 Å². The largest absolute Gasteiger partial charge is 0.378 e. The lowest BCUT2D eigenvalue weighted by atomic mass is 10.1. The topological polar surface area (TPSA) is 85.2 Å². The van der Waals surface area contributed by atoms with Gasteiger partial charge in [-0.05, 0) is 24.0 Å². The molecule has 1 saturated heterocycles. The van der Waals surface area contributed by atoms with Gasteiger partial charge in [-0.1, -0.05) is 35.5 Å². The van der Waals surface area contributed by atoms with Gasteiger partial charge in [-0.25, -0.2) is 14.6 Å². The molecule has 3 aromatic rings. The van der Waals surface area contributed by atoms with E-state index in [1.54, 1.807) is 18.3 Å². The van der Waals surface area contributed by atoms with Crippen LogP contribution in [-0.4, -0.2) is 64.8 Å². The number of nitrogens with zero attached hydrogens (tertiary/aromatic N) is 5. The lowest BCUT2D eigenvalue weighted by Gasteiger charge is -2.28. The van der Waals surface area contributed by atoms with E-state index in [0.717, 1.165) is 35.5 Å². The van der Waals surface area contributed by atoms with E-state index in [-0.39, 0.29) is 5.91 Å². The summed E-state index contributed by atoms with van der Waals surface area (Å²) >= 11 is 7.39. The summed E-state index contributed by atoms with van der Waals surface area (Å²) in [6, 6.07) is 7.29. The van der Waals surface area contributed by atoms with Crippen LogP contribution < -0.4 is 10.2 Å². The fourth-order valence-corrected chi connectivity index (χ4v) is 3.82. The van der Waals surface area contributed by atoms with Gasteiger partial charge in [0.1, 0.15) is 5.82 Å². The second kappa shape index (κ2) is 9.63. The SMILES string of the molecule is CSc1nc(N2CCOCC2)c2cnn(CCNC(=O)Cc3ccc(Cl)cc3)c2n1. The van der Waals surface area contributed by atoms with Gasteiger partial charge in [0.05, 0.1) is 37.8 Å². The van der Waals surface area contributed by atoms with E-state index in [9.17, 15) is 4.79 Å². The number of rotatable bonds is 7. The van der Waals surface area contributed by atoms with Crippen molar-refractivity contribution in [1.29, 1.82) is 0 Å². The van der Waals surface area contributed by atoms with E-state index in [1.165, 1.54) is 11.8 Å². The van der Waals surface area contributed by atoms with Gasteiger partial charge in [0, 0.05) is 24.7 Å². The Morgan fingerprint density at radius 1 is 1.23 bits per heavy atom. The van der Waals surface area contributed by atoms with E-state index < -0.39 is 0 Å². The van der Waals surface area contributed by atoms with Gasteiger partial charge in [-0.2, -0.15) is 5.10 Å². The molecule has 0 saturated carbocycles. The number of hydrogen-bond acceptors (Lipinski definition) is 7. The third kappa shape index (κ3) is 4.85. The average Bonchev–Trinajstić information content (AvgIpc) is 3.18. The first kappa shape index (κ1) is 20.9. The molecule has 158 valence electrons. The Morgan fingerprint density at radius 2 is 2.00 bits per heavy atom. The van der Waals surface area contributed by atoms with Crippen LogP contribution in [0.4, 0.5) is 5.82 Å². The zero-order valence-corrected chi connectivity index (χ0v) is 18.2. The molecular formula is C20H23ClN6O2S. The number of fused-ring (bicyclic) bond motifs is 1. The van der Waals surface area contributed by atoms with Crippen LogP contribution in [0.3, 0.4) is 0 Å². The molecule has 0 bridgehead atoms. The molecule has 2 aromatic heterocycles. The first-order valence-corrected chi connectivity index (χ1v) is 11.4. The maximum Gasteiger partial charge on any atom is 0.224 e. The molecule has 0 atom stereocenters. The maximum atomic E-state index is 12.2. The summed E-state index contributed by atoms with van der Waals surface area (Å²) < 4.78 is 7.28. The summed E-state index contributed by atoms with van der Waals surface area (Å²) in [5, 5.41) is 9.73. The van der Waals surface area contributed by atoms with Crippen LogP contribution in [-0.2, 0) is 22.5 Å². The minimum atomic E-state index is -0.0396. The molecule has 0 spiro atoms. The Hall–Kier alpha value is -2.36. The number of benzene rings is 1. The number of morpholine rings is 1. The zero-order valence-electron chi connectivity index (χ0n) is 16.7. The molecule has 1 N–H and O–H groups in total. The first-order chi connectivity index (χ1) is 14.6. The quantitative estimate of drug-likeness (QED) is 0.440. The summed E-state index contributed by atoms with van der Waals surface area (Å²) in [6.07, 6.45) is 4.08. The van der Waals surface area contributed by atoms with Gasteiger partial charge < -0.3 is 15.0 Å². The number of amides is 1. The Morgan fingerprint density at radius 3 is 2.73 bits per heavy atom. The predicted molar refractivity (Wildman–Crippen MR) is 118 cm³/mol. The minimum Gasteiger partial charge on any atom is -0.378 e. The van der Waals surface area contributed by atoms with Crippen molar-refractivity contribution in [3.05, 3.63) is 41.0 Å². The molecule has 30 heavy (non-hydrogen) atoms. The number of ether oxygens (including phenoxy) is 1. The van der Waals surface area contributed by atoms with Crippen molar-refractivity contribution in [3.8, 4) is 0 Å². The van der Waals surface area contributed by atoms with Crippen molar-refractivity contribution in [3.63, 3.8) is 0 Å². The predicted octanol–water partition coefficient (Wildman–Crippen LogP) is 2.40. The van der Waals surface area contributed by atoms with Gasteiger partial charge >= 0.3 is 0 Å². The number of nitrogens with one attached hydrogen (secondary N) is 1. The van der Waals surface area contributed by atoms with Crippen molar-refractivity contribution < 1.29 is 9.53 Å². The van der Waals surface area contributed by atoms with Crippen LogP contribution in [0.15, 0.2) is 35.6 Å². The molecule has 10 heteroatoms. The Kier molecular flexibility index (Phi) is 6.71. The van der Waals surface area contributed by atoms with E-state index in [2.05, 4.69) is 20.3 Å². The summed E-state index contributed by atoms with van der Waals surface area (Å²) in [7, 11) is 0. The first-order valence-electron chi connectivity index (χ1n) is 9.75. The molecule has 1 aromatic carbocycles.